The van der Waals surface area contributed by atoms with Crippen LogP contribution >= 0.6 is 22.9 Å². The van der Waals surface area contributed by atoms with E-state index in [1.165, 1.54) is 11.1 Å². The van der Waals surface area contributed by atoms with Crippen LogP contribution in [-0.2, 0) is 6.42 Å². The van der Waals surface area contributed by atoms with E-state index < -0.39 is 0 Å². The second kappa shape index (κ2) is 6.85. The molecule has 3 rings (SSSR count). The van der Waals surface area contributed by atoms with Crippen LogP contribution in [-0.4, -0.2) is 16.0 Å². The largest absolute Gasteiger partial charge is 0.367 e. The SMILES string of the molecule is CCc1ccc(-c2csc3nc(Cl)nc(NC(C)CC)c23)cc1. The summed E-state index contributed by atoms with van der Waals surface area (Å²) >= 11 is 7.70. The summed E-state index contributed by atoms with van der Waals surface area (Å²) in [7, 11) is 0. The summed E-state index contributed by atoms with van der Waals surface area (Å²) in [6.45, 7) is 6.46. The number of anilines is 1. The van der Waals surface area contributed by atoms with Crippen LogP contribution in [0.25, 0.3) is 21.3 Å². The Hall–Kier alpha value is -1.65. The molecule has 1 aromatic carbocycles. The number of fused-ring (bicyclic) bond motifs is 1. The summed E-state index contributed by atoms with van der Waals surface area (Å²) in [5, 5.41) is 6.95. The summed E-state index contributed by atoms with van der Waals surface area (Å²) < 4.78 is 0. The lowest BCUT2D eigenvalue weighted by atomic mass is 10.0. The average Bonchev–Trinajstić information content (AvgIpc) is 2.98. The molecular weight excluding hydrogens is 326 g/mol. The molecule has 1 N–H and O–H groups in total. The Kier molecular flexibility index (Phi) is 4.83. The van der Waals surface area contributed by atoms with Crippen molar-refractivity contribution in [3.63, 3.8) is 0 Å². The van der Waals surface area contributed by atoms with Crippen LogP contribution in [0.3, 0.4) is 0 Å². The molecule has 2 heterocycles. The van der Waals surface area contributed by atoms with Gasteiger partial charge < -0.3 is 5.32 Å². The Labute approximate surface area is 145 Å². The fourth-order valence-corrected chi connectivity index (χ4v) is 3.65. The molecule has 23 heavy (non-hydrogen) atoms. The first-order chi connectivity index (χ1) is 11.1. The van der Waals surface area contributed by atoms with Gasteiger partial charge in [-0.05, 0) is 42.5 Å². The molecule has 2 aromatic heterocycles. The van der Waals surface area contributed by atoms with Gasteiger partial charge in [-0.25, -0.2) is 9.97 Å². The van der Waals surface area contributed by atoms with Gasteiger partial charge in [-0.15, -0.1) is 11.3 Å². The second-order valence-electron chi connectivity index (χ2n) is 5.67. The van der Waals surface area contributed by atoms with Crippen molar-refractivity contribution in [3.05, 3.63) is 40.5 Å². The highest BCUT2D eigenvalue weighted by Gasteiger charge is 2.16. The lowest BCUT2D eigenvalue weighted by molar-refractivity contribution is 0.760. The van der Waals surface area contributed by atoms with E-state index in [1.807, 2.05) is 0 Å². The predicted octanol–water partition coefficient (Wildman–Crippen LogP) is 5.78. The topological polar surface area (TPSA) is 37.8 Å². The Bertz CT molecular complexity index is 811. The number of halogens is 1. The molecule has 0 spiro atoms. The smallest absolute Gasteiger partial charge is 0.225 e. The zero-order valence-electron chi connectivity index (χ0n) is 13.6. The van der Waals surface area contributed by atoms with Crippen LogP contribution in [0.4, 0.5) is 5.82 Å². The zero-order chi connectivity index (χ0) is 16.4. The van der Waals surface area contributed by atoms with Gasteiger partial charge in [0.25, 0.3) is 0 Å². The monoisotopic (exact) mass is 345 g/mol. The fourth-order valence-electron chi connectivity index (χ4n) is 2.49. The minimum atomic E-state index is 0.290. The summed E-state index contributed by atoms with van der Waals surface area (Å²) in [4.78, 5) is 9.74. The molecule has 0 aliphatic carbocycles. The van der Waals surface area contributed by atoms with Gasteiger partial charge >= 0.3 is 0 Å². The maximum Gasteiger partial charge on any atom is 0.225 e. The summed E-state index contributed by atoms with van der Waals surface area (Å²) in [5.74, 6) is 0.824. The van der Waals surface area contributed by atoms with E-state index in [2.05, 4.69) is 65.7 Å². The van der Waals surface area contributed by atoms with E-state index in [9.17, 15) is 0 Å². The molecule has 1 unspecified atom stereocenters. The van der Waals surface area contributed by atoms with Gasteiger partial charge in [0, 0.05) is 17.0 Å². The molecule has 0 saturated carbocycles. The summed E-state index contributed by atoms with van der Waals surface area (Å²) in [6, 6.07) is 9.03. The standard InChI is InChI=1S/C18H20ClN3S/c1-4-11(3)20-16-15-14(10-23-17(15)22-18(19)21-16)13-8-6-12(5-2)7-9-13/h6-11H,4-5H2,1-3H3,(H,20,21,22). The lowest BCUT2D eigenvalue weighted by Gasteiger charge is -2.14. The molecule has 3 nitrogen and oxygen atoms in total. The first-order valence-corrected chi connectivity index (χ1v) is 9.18. The molecule has 0 radical (unpaired) electrons. The Morgan fingerprint density at radius 1 is 1.17 bits per heavy atom. The number of nitrogens with one attached hydrogen (secondary N) is 1. The molecule has 3 aromatic rings. The number of aromatic nitrogens is 2. The normalized spacial score (nSPS) is 12.5. The molecule has 0 aliphatic rings. The van der Waals surface area contributed by atoms with Crippen molar-refractivity contribution in [2.75, 3.05) is 5.32 Å². The highest BCUT2D eigenvalue weighted by molar-refractivity contribution is 7.17. The minimum Gasteiger partial charge on any atom is -0.367 e. The molecule has 0 saturated heterocycles. The van der Waals surface area contributed by atoms with E-state index in [4.69, 9.17) is 11.6 Å². The lowest BCUT2D eigenvalue weighted by Crippen LogP contribution is -2.15. The number of hydrogen-bond acceptors (Lipinski definition) is 4. The number of benzene rings is 1. The molecule has 0 aliphatic heterocycles. The van der Waals surface area contributed by atoms with Crippen LogP contribution in [0.1, 0.15) is 32.8 Å². The van der Waals surface area contributed by atoms with Gasteiger partial charge in [-0.1, -0.05) is 38.1 Å². The van der Waals surface area contributed by atoms with Gasteiger partial charge in [0.2, 0.25) is 5.28 Å². The highest BCUT2D eigenvalue weighted by atomic mass is 35.5. The molecule has 120 valence electrons. The minimum absolute atomic E-state index is 0.290. The predicted molar refractivity (Wildman–Crippen MR) is 101 cm³/mol. The third-order valence-electron chi connectivity index (χ3n) is 4.07. The number of rotatable bonds is 5. The van der Waals surface area contributed by atoms with Gasteiger partial charge in [0.05, 0.1) is 5.39 Å². The Balaban J connectivity index is 2.13. The first-order valence-electron chi connectivity index (χ1n) is 7.93. The van der Waals surface area contributed by atoms with Gasteiger partial charge in [-0.2, -0.15) is 0 Å². The fraction of sp³-hybridized carbons (Fsp3) is 0.333. The van der Waals surface area contributed by atoms with Crippen molar-refractivity contribution in [1.82, 2.24) is 9.97 Å². The van der Waals surface area contributed by atoms with Crippen LogP contribution in [0.2, 0.25) is 5.28 Å². The third-order valence-corrected chi connectivity index (χ3v) is 5.12. The van der Waals surface area contributed by atoms with Crippen molar-refractivity contribution in [2.24, 2.45) is 0 Å². The molecule has 0 bridgehead atoms. The molecule has 5 heteroatoms. The second-order valence-corrected chi connectivity index (χ2v) is 6.87. The van der Waals surface area contributed by atoms with Crippen molar-refractivity contribution in [2.45, 2.75) is 39.7 Å². The Morgan fingerprint density at radius 3 is 2.57 bits per heavy atom. The number of thiophene rings is 1. The highest BCUT2D eigenvalue weighted by Crippen LogP contribution is 2.37. The third kappa shape index (κ3) is 3.33. The number of hydrogen-bond donors (Lipinski definition) is 1. The van der Waals surface area contributed by atoms with Crippen molar-refractivity contribution >= 4 is 39.0 Å². The summed E-state index contributed by atoms with van der Waals surface area (Å²) in [5.41, 5.74) is 3.69. The first kappa shape index (κ1) is 16.2. The van der Waals surface area contributed by atoms with Crippen LogP contribution in [0.5, 0.6) is 0 Å². The van der Waals surface area contributed by atoms with Gasteiger partial charge in [-0.3, -0.25) is 0 Å². The Morgan fingerprint density at radius 2 is 1.91 bits per heavy atom. The van der Waals surface area contributed by atoms with E-state index in [-0.39, 0.29) is 5.28 Å². The summed E-state index contributed by atoms with van der Waals surface area (Å²) in [6.07, 6.45) is 2.07. The van der Waals surface area contributed by atoms with Crippen LogP contribution in [0, 0.1) is 0 Å². The van der Waals surface area contributed by atoms with Crippen molar-refractivity contribution in [3.8, 4) is 11.1 Å². The molecule has 1 atom stereocenters. The molecular formula is C18H20ClN3S. The quantitative estimate of drug-likeness (QED) is 0.595. The number of aryl methyl sites for hydroxylation is 1. The zero-order valence-corrected chi connectivity index (χ0v) is 15.1. The maximum atomic E-state index is 6.09. The van der Waals surface area contributed by atoms with E-state index in [0.29, 0.717) is 6.04 Å². The van der Waals surface area contributed by atoms with Crippen LogP contribution in [0.15, 0.2) is 29.6 Å². The molecule has 0 fully saturated rings. The molecule has 0 amide bonds. The van der Waals surface area contributed by atoms with Crippen LogP contribution < -0.4 is 5.32 Å². The average molecular weight is 346 g/mol. The van der Waals surface area contributed by atoms with Gasteiger partial charge in [0.15, 0.2) is 0 Å². The van der Waals surface area contributed by atoms with Gasteiger partial charge in [0.1, 0.15) is 10.6 Å². The van der Waals surface area contributed by atoms with E-state index in [0.717, 1.165) is 34.4 Å². The van der Waals surface area contributed by atoms with E-state index >= 15 is 0 Å². The van der Waals surface area contributed by atoms with Crippen molar-refractivity contribution < 1.29 is 0 Å². The van der Waals surface area contributed by atoms with Crippen molar-refractivity contribution in [1.29, 1.82) is 0 Å². The maximum absolute atomic E-state index is 6.09. The van der Waals surface area contributed by atoms with E-state index in [1.54, 1.807) is 11.3 Å². The number of nitrogens with zero attached hydrogens (tertiary/aromatic N) is 2.